The quantitative estimate of drug-likeness (QED) is 0.665. The molecule has 0 spiro atoms. The van der Waals surface area contributed by atoms with Gasteiger partial charge in [-0.1, -0.05) is 0 Å². The Bertz CT molecular complexity index is 346. The van der Waals surface area contributed by atoms with Crippen molar-refractivity contribution < 1.29 is 4.79 Å². The Hall–Kier alpha value is -1.36. The maximum Gasteiger partial charge on any atom is 0.228 e. The largest absolute Gasteiger partial charge is 0.323 e. The summed E-state index contributed by atoms with van der Waals surface area (Å²) < 4.78 is 0. The fraction of sp³-hybridized carbons (Fsp3) is 0.600. The van der Waals surface area contributed by atoms with Crippen LogP contribution in [0.2, 0.25) is 0 Å². The zero-order chi connectivity index (χ0) is 10.8. The fourth-order valence-corrected chi connectivity index (χ4v) is 1.84. The Kier molecular flexibility index (Phi) is 2.73. The van der Waals surface area contributed by atoms with Crippen LogP contribution < -0.4 is 10.6 Å². The van der Waals surface area contributed by atoms with E-state index < -0.39 is 0 Å². The Balaban J connectivity index is 2.05. The van der Waals surface area contributed by atoms with Gasteiger partial charge in [0.05, 0.1) is 23.0 Å². The van der Waals surface area contributed by atoms with E-state index in [9.17, 15) is 4.79 Å². The molecule has 2 rings (SSSR count). The first kappa shape index (κ1) is 10.2. The molecule has 0 saturated carbocycles. The monoisotopic (exact) mass is 208 g/mol. The molecule has 0 aromatic carbocycles. The van der Waals surface area contributed by atoms with Gasteiger partial charge < -0.3 is 10.6 Å². The maximum absolute atomic E-state index is 11.8. The van der Waals surface area contributed by atoms with Gasteiger partial charge in [0.25, 0.3) is 0 Å². The highest BCUT2D eigenvalue weighted by Crippen LogP contribution is 2.18. The number of carbonyl (C=O) groups is 1. The second-order valence-corrected chi connectivity index (χ2v) is 3.99. The Labute approximate surface area is 88.6 Å². The summed E-state index contributed by atoms with van der Waals surface area (Å²) in [6, 6.07) is 0. The van der Waals surface area contributed by atoms with Crippen molar-refractivity contribution in [3.05, 3.63) is 11.4 Å². The number of nitrogens with zero attached hydrogens (tertiary/aromatic N) is 1. The van der Waals surface area contributed by atoms with Gasteiger partial charge in [-0.25, -0.2) is 0 Å². The maximum atomic E-state index is 11.8. The van der Waals surface area contributed by atoms with Gasteiger partial charge in [0.15, 0.2) is 0 Å². The number of hydrogen-bond donors (Lipinski definition) is 3. The van der Waals surface area contributed by atoms with Crippen LogP contribution in [0.25, 0.3) is 0 Å². The first-order chi connectivity index (χ1) is 7.18. The molecule has 2 heterocycles. The lowest BCUT2D eigenvalue weighted by Crippen LogP contribution is -2.25. The van der Waals surface area contributed by atoms with Gasteiger partial charge >= 0.3 is 0 Å². The van der Waals surface area contributed by atoms with Crippen molar-refractivity contribution in [2.24, 2.45) is 5.92 Å². The van der Waals surface area contributed by atoms with Gasteiger partial charge in [-0.15, -0.1) is 0 Å². The van der Waals surface area contributed by atoms with Crippen LogP contribution in [0.5, 0.6) is 0 Å². The smallest absolute Gasteiger partial charge is 0.228 e. The molecule has 0 bridgehead atoms. The molecule has 1 amide bonds. The third-order valence-electron chi connectivity index (χ3n) is 2.81. The van der Waals surface area contributed by atoms with E-state index in [1.54, 1.807) is 0 Å². The summed E-state index contributed by atoms with van der Waals surface area (Å²) in [4.78, 5) is 11.8. The molecule has 1 atom stereocenters. The van der Waals surface area contributed by atoms with Gasteiger partial charge in [0.1, 0.15) is 0 Å². The SMILES string of the molecule is Cc1n[nH]c(C)c1NC(=O)C1CCNC1. The normalized spacial score (nSPS) is 20.5. The number of aromatic nitrogens is 2. The first-order valence-electron chi connectivity index (χ1n) is 5.21. The molecule has 3 N–H and O–H groups in total. The number of amides is 1. The summed E-state index contributed by atoms with van der Waals surface area (Å²) in [7, 11) is 0. The summed E-state index contributed by atoms with van der Waals surface area (Å²) in [5.74, 6) is 0.186. The van der Waals surface area contributed by atoms with E-state index >= 15 is 0 Å². The predicted molar refractivity (Wildman–Crippen MR) is 57.7 cm³/mol. The van der Waals surface area contributed by atoms with Crippen molar-refractivity contribution in [2.45, 2.75) is 20.3 Å². The highest BCUT2D eigenvalue weighted by atomic mass is 16.1. The number of H-pyrrole nitrogens is 1. The van der Waals surface area contributed by atoms with Gasteiger partial charge in [-0.2, -0.15) is 5.10 Å². The van der Waals surface area contributed by atoms with Gasteiger partial charge in [-0.05, 0) is 26.8 Å². The van der Waals surface area contributed by atoms with Crippen LogP contribution in [0, 0.1) is 19.8 Å². The Morgan fingerprint density at radius 1 is 1.53 bits per heavy atom. The van der Waals surface area contributed by atoms with Crippen LogP contribution in [0.15, 0.2) is 0 Å². The minimum atomic E-state index is 0.0904. The Morgan fingerprint density at radius 3 is 2.87 bits per heavy atom. The lowest BCUT2D eigenvalue weighted by molar-refractivity contribution is -0.119. The topological polar surface area (TPSA) is 69.8 Å². The number of aromatic amines is 1. The lowest BCUT2D eigenvalue weighted by atomic mass is 10.1. The molecule has 5 nitrogen and oxygen atoms in total. The highest BCUT2D eigenvalue weighted by Gasteiger charge is 2.23. The van der Waals surface area contributed by atoms with Crippen molar-refractivity contribution in [1.82, 2.24) is 15.5 Å². The van der Waals surface area contributed by atoms with Gasteiger partial charge in [0.2, 0.25) is 5.91 Å². The third kappa shape index (κ3) is 2.02. The zero-order valence-corrected chi connectivity index (χ0v) is 9.05. The molecule has 0 radical (unpaired) electrons. The molecule has 1 aliphatic rings. The standard InChI is InChI=1S/C10H16N4O/c1-6-9(7(2)14-13-6)12-10(15)8-3-4-11-5-8/h8,11H,3-5H2,1-2H3,(H,12,15)(H,13,14). The summed E-state index contributed by atoms with van der Waals surface area (Å²) >= 11 is 0. The number of anilines is 1. The summed E-state index contributed by atoms with van der Waals surface area (Å²) in [5, 5.41) is 13.0. The van der Waals surface area contributed by atoms with Crippen molar-refractivity contribution in [3.8, 4) is 0 Å². The minimum absolute atomic E-state index is 0.0904. The molecule has 1 fully saturated rings. The van der Waals surface area contributed by atoms with Crippen molar-refractivity contribution in [3.63, 3.8) is 0 Å². The molecule has 82 valence electrons. The zero-order valence-electron chi connectivity index (χ0n) is 9.05. The summed E-state index contributed by atoms with van der Waals surface area (Å²) in [5.41, 5.74) is 2.57. The first-order valence-corrected chi connectivity index (χ1v) is 5.21. The second-order valence-electron chi connectivity index (χ2n) is 3.99. The summed E-state index contributed by atoms with van der Waals surface area (Å²) in [6.07, 6.45) is 0.918. The van der Waals surface area contributed by atoms with E-state index in [4.69, 9.17) is 0 Å². The third-order valence-corrected chi connectivity index (χ3v) is 2.81. The highest BCUT2D eigenvalue weighted by molar-refractivity contribution is 5.93. The molecular weight excluding hydrogens is 192 g/mol. The molecular formula is C10H16N4O. The van der Waals surface area contributed by atoms with Crippen LogP contribution in [0.1, 0.15) is 17.8 Å². The van der Waals surface area contributed by atoms with Crippen LogP contribution in [-0.4, -0.2) is 29.2 Å². The molecule has 5 heteroatoms. The minimum Gasteiger partial charge on any atom is -0.323 e. The van der Waals surface area contributed by atoms with Crippen LogP contribution in [0.3, 0.4) is 0 Å². The molecule has 1 aromatic heterocycles. The number of aryl methyl sites for hydroxylation is 2. The van der Waals surface area contributed by atoms with Gasteiger partial charge in [-0.3, -0.25) is 9.89 Å². The number of carbonyl (C=O) groups excluding carboxylic acids is 1. The van der Waals surface area contributed by atoms with Crippen LogP contribution >= 0.6 is 0 Å². The number of hydrogen-bond acceptors (Lipinski definition) is 3. The second kappa shape index (κ2) is 4.02. The van der Waals surface area contributed by atoms with E-state index in [1.165, 1.54) is 0 Å². The number of nitrogens with one attached hydrogen (secondary N) is 3. The summed E-state index contributed by atoms with van der Waals surface area (Å²) in [6.45, 7) is 5.50. The number of rotatable bonds is 2. The molecule has 1 unspecified atom stereocenters. The Morgan fingerprint density at radius 2 is 2.33 bits per heavy atom. The average molecular weight is 208 g/mol. The molecule has 0 aliphatic carbocycles. The molecule has 1 saturated heterocycles. The van der Waals surface area contributed by atoms with E-state index in [0.29, 0.717) is 0 Å². The molecule has 15 heavy (non-hydrogen) atoms. The van der Waals surface area contributed by atoms with E-state index in [-0.39, 0.29) is 11.8 Å². The van der Waals surface area contributed by atoms with Crippen molar-refractivity contribution in [1.29, 1.82) is 0 Å². The predicted octanol–water partition coefficient (Wildman–Crippen LogP) is 0.575. The van der Waals surface area contributed by atoms with Crippen LogP contribution in [0.4, 0.5) is 5.69 Å². The fourth-order valence-electron chi connectivity index (χ4n) is 1.84. The molecule has 1 aliphatic heterocycles. The van der Waals surface area contributed by atoms with E-state index in [1.807, 2.05) is 13.8 Å². The van der Waals surface area contributed by atoms with Crippen molar-refractivity contribution >= 4 is 11.6 Å². The molecule has 1 aromatic rings. The lowest BCUT2D eigenvalue weighted by Gasteiger charge is -2.09. The average Bonchev–Trinajstić information content (AvgIpc) is 2.82. The van der Waals surface area contributed by atoms with E-state index in [2.05, 4.69) is 20.8 Å². The van der Waals surface area contributed by atoms with Crippen molar-refractivity contribution in [2.75, 3.05) is 18.4 Å². The van der Waals surface area contributed by atoms with E-state index in [0.717, 1.165) is 36.6 Å². The van der Waals surface area contributed by atoms with Crippen LogP contribution in [-0.2, 0) is 4.79 Å². The van der Waals surface area contributed by atoms with Gasteiger partial charge in [0, 0.05) is 6.54 Å².